The summed E-state index contributed by atoms with van der Waals surface area (Å²) in [6, 6.07) is 23.3. The van der Waals surface area contributed by atoms with Gasteiger partial charge in [-0.05, 0) is 86.0 Å². The molecule has 300 valence electrons. The Bertz CT molecular complexity index is 2030. The predicted molar refractivity (Wildman–Crippen MR) is 214 cm³/mol. The monoisotopic (exact) mass is 775 g/mol. The van der Waals surface area contributed by atoms with Crippen LogP contribution in [-0.2, 0) is 36.8 Å². The molecule has 0 aliphatic heterocycles. The Kier molecular flexibility index (Phi) is 12.1. The number of hydrogen-bond donors (Lipinski definition) is 2. The number of hydrogen-bond acceptors (Lipinski definition) is 9. The number of nitrogens with one attached hydrogen (secondary N) is 1. The number of amides is 2. The van der Waals surface area contributed by atoms with Gasteiger partial charge in [-0.15, -0.1) is 5.10 Å². The molecule has 9 rings (SSSR count). The number of nitrogens with zero attached hydrogens (tertiary/aromatic N) is 3. The maximum absolute atomic E-state index is 13.5. The number of nitrogens with two attached hydrogens (primary N) is 1. The van der Waals surface area contributed by atoms with E-state index in [0.29, 0.717) is 76.2 Å². The molecule has 4 aromatic rings. The molecule has 0 saturated heterocycles. The fourth-order valence-corrected chi connectivity index (χ4v) is 10.2. The molecule has 4 saturated carbocycles. The van der Waals surface area contributed by atoms with Crippen LogP contribution in [0.25, 0.3) is 22.5 Å². The molecule has 4 bridgehead atoms. The van der Waals surface area contributed by atoms with Crippen LogP contribution in [0.1, 0.15) is 78.8 Å². The lowest BCUT2D eigenvalue weighted by Gasteiger charge is -2.56. The SMILES string of the molecule is NC(=O)CCC(=O)C1Cc2ccccc2-c2c(nnn2CCOCCOCCOCCOc2ccccc2C(=O)NC23CC4CC(CC(C4)C2)C3)-c2ccccc21. The molecule has 3 aromatic carbocycles. The normalized spacial score (nSPS) is 22.8. The second-order valence-corrected chi connectivity index (χ2v) is 16.3. The minimum Gasteiger partial charge on any atom is -0.490 e. The number of rotatable bonds is 19. The summed E-state index contributed by atoms with van der Waals surface area (Å²) in [6.45, 7) is 3.28. The van der Waals surface area contributed by atoms with Gasteiger partial charge in [-0.1, -0.05) is 65.9 Å². The van der Waals surface area contributed by atoms with E-state index >= 15 is 0 Å². The first-order chi connectivity index (χ1) is 27.9. The van der Waals surface area contributed by atoms with Crippen LogP contribution in [0.4, 0.5) is 0 Å². The van der Waals surface area contributed by atoms with Crippen LogP contribution in [0.3, 0.4) is 0 Å². The van der Waals surface area contributed by atoms with Gasteiger partial charge in [0, 0.05) is 35.4 Å². The number of ketones is 1. The van der Waals surface area contributed by atoms with Crippen molar-refractivity contribution >= 4 is 17.6 Å². The number of Topliss-reactive ketones (excluding diaryl/α,β-unsaturated/α-hetero) is 1. The topological polar surface area (TPSA) is 157 Å². The molecular weight excluding hydrogens is 723 g/mol. The van der Waals surface area contributed by atoms with Crippen LogP contribution < -0.4 is 15.8 Å². The summed E-state index contributed by atoms with van der Waals surface area (Å²) in [5, 5.41) is 12.6. The van der Waals surface area contributed by atoms with Gasteiger partial charge in [0.05, 0.1) is 57.4 Å². The van der Waals surface area contributed by atoms with Crippen LogP contribution >= 0.6 is 0 Å². The molecule has 2 amide bonds. The number of carbonyl (C=O) groups excluding carboxylic acids is 3. The molecule has 12 heteroatoms. The number of primary amides is 1. The molecule has 1 unspecified atom stereocenters. The van der Waals surface area contributed by atoms with E-state index in [1.165, 1.54) is 19.3 Å². The number of ether oxygens (including phenoxy) is 4. The van der Waals surface area contributed by atoms with Crippen LogP contribution in [0.15, 0.2) is 72.8 Å². The summed E-state index contributed by atoms with van der Waals surface area (Å²) < 4.78 is 25.3. The average Bonchev–Trinajstić information content (AvgIpc) is 3.61. The number of carbonyl (C=O) groups is 3. The Morgan fingerprint density at radius 1 is 0.737 bits per heavy atom. The molecule has 57 heavy (non-hydrogen) atoms. The van der Waals surface area contributed by atoms with Gasteiger partial charge in [0.2, 0.25) is 5.91 Å². The molecule has 0 spiro atoms. The predicted octanol–water partition coefficient (Wildman–Crippen LogP) is 5.91. The number of para-hydroxylation sites is 1. The third kappa shape index (κ3) is 8.98. The van der Waals surface area contributed by atoms with E-state index in [-0.39, 0.29) is 30.1 Å². The molecule has 3 N–H and O–H groups in total. The van der Waals surface area contributed by atoms with E-state index in [2.05, 4.69) is 15.6 Å². The third-order valence-corrected chi connectivity index (χ3v) is 12.3. The van der Waals surface area contributed by atoms with Crippen molar-refractivity contribution in [3.8, 4) is 28.3 Å². The Morgan fingerprint density at radius 3 is 2.07 bits per heavy atom. The highest BCUT2D eigenvalue weighted by molar-refractivity contribution is 5.97. The second kappa shape index (κ2) is 17.7. The Balaban J connectivity index is 0.761. The zero-order chi connectivity index (χ0) is 39.2. The Hall–Kier alpha value is -4.91. The lowest BCUT2D eigenvalue weighted by atomic mass is 9.53. The van der Waals surface area contributed by atoms with Crippen LogP contribution in [-0.4, -0.2) is 84.4 Å². The quantitative estimate of drug-likeness (QED) is 0.111. The smallest absolute Gasteiger partial charge is 0.255 e. The van der Waals surface area contributed by atoms with Crippen molar-refractivity contribution in [3.63, 3.8) is 0 Å². The van der Waals surface area contributed by atoms with Gasteiger partial charge in [0.25, 0.3) is 5.91 Å². The minimum absolute atomic E-state index is 0.0200. The second-order valence-electron chi connectivity index (χ2n) is 16.3. The maximum atomic E-state index is 13.5. The van der Waals surface area contributed by atoms with Crippen molar-refractivity contribution in [2.24, 2.45) is 23.5 Å². The van der Waals surface area contributed by atoms with Gasteiger partial charge >= 0.3 is 0 Å². The van der Waals surface area contributed by atoms with E-state index < -0.39 is 11.8 Å². The minimum atomic E-state index is -0.486. The van der Waals surface area contributed by atoms with E-state index in [9.17, 15) is 14.4 Å². The molecule has 4 fully saturated rings. The van der Waals surface area contributed by atoms with E-state index in [1.807, 2.05) is 77.5 Å². The van der Waals surface area contributed by atoms with Crippen molar-refractivity contribution in [2.45, 2.75) is 75.8 Å². The average molecular weight is 776 g/mol. The highest BCUT2D eigenvalue weighted by Gasteiger charge is 2.51. The fourth-order valence-electron chi connectivity index (χ4n) is 10.2. The first-order valence-electron chi connectivity index (χ1n) is 20.6. The van der Waals surface area contributed by atoms with Crippen molar-refractivity contribution in [2.75, 3.05) is 46.2 Å². The third-order valence-electron chi connectivity index (χ3n) is 12.3. The summed E-state index contributed by atoms with van der Waals surface area (Å²) in [5.41, 5.74) is 11.2. The van der Waals surface area contributed by atoms with E-state index in [0.717, 1.165) is 65.0 Å². The van der Waals surface area contributed by atoms with Crippen LogP contribution in [0.5, 0.6) is 5.75 Å². The maximum Gasteiger partial charge on any atom is 0.255 e. The highest BCUT2D eigenvalue weighted by Crippen LogP contribution is 2.55. The van der Waals surface area contributed by atoms with Crippen LogP contribution in [0.2, 0.25) is 0 Å². The van der Waals surface area contributed by atoms with Gasteiger partial charge in [-0.2, -0.15) is 0 Å². The van der Waals surface area contributed by atoms with E-state index in [4.69, 9.17) is 24.7 Å². The first-order valence-corrected chi connectivity index (χ1v) is 20.6. The first kappa shape index (κ1) is 38.9. The molecule has 5 aliphatic rings. The molecule has 1 aromatic heterocycles. The molecule has 12 nitrogen and oxygen atoms in total. The van der Waals surface area contributed by atoms with Gasteiger partial charge in [0.1, 0.15) is 23.8 Å². The summed E-state index contributed by atoms with van der Waals surface area (Å²) >= 11 is 0. The van der Waals surface area contributed by atoms with Crippen molar-refractivity contribution < 1.29 is 33.3 Å². The standard InChI is InChI=1S/C45H53N5O7/c46-41(52)14-13-39(51)38-26-33-7-1-2-8-34(33)43-42(36-10-4-3-9-35(36)38)48-49-50(43)15-16-54-17-18-55-19-20-56-21-22-57-40-12-6-5-11-37(40)44(53)47-45-27-30-23-31(28-45)25-32(24-30)29-45/h1-12,30-32,38H,13-29H2,(H2,46,52)(H,47,53). The number of fused-ring (bicyclic) bond motifs is 5. The van der Waals surface area contributed by atoms with Crippen LogP contribution in [0, 0.1) is 17.8 Å². The highest BCUT2D eigenvalue weighted by atomic mass is 16.6. The molecule has 0 radical (unpaired) electrons. The van der Waals surface area contributed by atoms with Gasteiger partial charge in [-0.25, -0.2) is 4.68 Å². The fraction of sp³-hybridized carbons (Fsp3) is 0.489. The molecule has 5 aliphatic carbocycles. The largest absolute Gasteiger partial charge is 0.490 e. The van der Waals surface area contributed by atoms with Gasteiger partial charge in [-0.3, -0.25) is 14.4 Å². The molecule has 1 heterocycles. The summed E-state index contributed by atoms with van der Waals surface area (Å²) in [4.78, 5) is 38.4. The summed E-state index contributed by atoms with van der Waals surface area (Å²) in [5.74, 6) is 1.91. The number of benzene rings is 3. The molecular formula is C45H53N5O7. The molecule has 1 atom stereocenters. The lowest BCUT2D eigenvalue weighted by Crippen LogP contribution is -2.59. The van der Waals surface area contributed by atoms with E-state index in [1.54, 1.807) is 0 Å². The Labute approximate surface area is 333 Å². The zero-order valence-electron chi connectivity index (χ0n) is 32.5. The number of aromatic nitrogens is 3. The Morgan fingerprint density at radius 2 is 1.35 bits per heavy atom. The van der Waals surface area contributed by atoms with Gasteiger partial charge < -0.3 is 30.0 Å². The van der Waals surface area contributed by atoms with Crippen molar-refractivity contribution in [3.05, 3.63) is 89.5 Å². The zero-order valence-corrected chi connectivity index (χ0v) is 32.5. The van der Waals surface area contributed by atoms with Crippen molar-refractivity contribution in [1.82, 2.24) is 20.3 Å². The van der Waals surface area contributed by atoms with Crippen molar-refractivity contribution in [1.29, 1.82) is 0 Å². The summed E-state index contributed by atoms with van der Waals surface area (Å²) in [6.07, 6.45) is 7.96. The van der Waals surface area contributed by atoms with Gasteiger partial charge in [0.15, 0.2) is 0 Å². The lowest BCUT2D eigenvalue weighted by molar-refractivity contribution is -0.124. The summed E-state index contributed by atoms with van der Waals surface area (Å²) in [7, 11) is 0.